The summed E-state index contributed by atoms with van der Waals surface area (Å²) in [5, 5.41) is 0.559. The molecule has 1 aromatic heterocycles. The summed E-state index contributed by atoms with van der Waals surface area (Å²) in [6.45, 7) is 8.00. The predicted octanol–water partition coefficient (Wildman–Crippen LogP) is 6.02. The van der Waals surface area contributed by atoms with Crippen molar-refractivity contribution in [3.8, 4) is 11.3 Å². The summed E-state index contributed by atoms with van der Waals surface area (Å²) in [4.78, 5) is 36.5. The van der Waals surface area contributed by atoms with Gasteiger partial charge in [0.25, 0.3) is 5.56 Å². The fraction of sp³-hybridized carbons (Fsp3) is 0.607. The Morgan fingerprint density at radius 1 is 1.12 bits per heavy atom. The SMILES string of the molecule is CCCCN(CCCC)C(=O)CSc1nc2c(c(=O)[nH]1)C1(CCCCC1)Cc1ccc(C)cc1-2. The Bertz CT molecular complexity index is 1060. The molecule has 0 atom stereocenters. The van der Waals surface area contributed by atoms with Gasteiger partial charge in [-0.3, -0.25) is 9.59 Å². The third kappa shape index (κ3) is 5.27. The van der Waals surface area contributed by atoms with Crippen LogP contribution >= 0.6 is 11.8 Å². The molecular formula is C28H39N3O2S. The average molecular weight is 482 g/mol. The maximum atomic E-state index is 13.5. The molecule has 1 aromatic carbocycles. The minimum Gasteiger partial charge on any atom is -0.342 e. The molecule has 0 aliphatic heterocycles. The van der Waals surface area contributed by atoms with Crippen LogP contribution in [-0.2, 0) is 16.6 Å². The number of benzene rings is 1. The lowest BCUT2D eigenvalue weighted by Gasteiger charge is -2.41. The molecule has 1 amide bonds. The standard InChI is InChI=1S/C28H39N3O2S/c1-4-6-15-31(16-7-5-2)23(32)19-34-27-29-25-22-17-20(3)11-12-21(22)18-28(13-9-8-10-14-28)24(25)26(33)30-27/h11-12,17H,4-10,13-16,18-19H2,1-3H3,(H,29,30,33). The van der Waals surface area contributed by atoms with E-state index in [9.17, 15) is 9.59 Å². The van der Waals surface area contributed by atoms with E-state index < -0.39 is 0 Å². The fourth-order valence-corrected chi connectivity index (χ4v) is 6.42. The van der Waals surface area contributed by atoms with Crippen LogP contribution in [-0.4, -0.2) is 39.6 Å². The molecule has 34 heavy (non-hydrogen) atoms. The van der Waals surface area contributed by atoms with E-state index in [4.69, 9.17) is 4.98 Å². The van der Waals surface area contributed by atoms with Crippen LogP contribution in [0.25, 0.3) is 11.3 Å². The summed E-state index contributed by atoms with van der Waals surface area (Å²) in [5.41, 5.74) is 5.19. The number of hydrogen-bond acceptors (Lipinski definition) is 4. The number of rotatable bonds is 9. The number of nitrogens with one attached hydrogen (secondary N) is 1. The Morgan fingerprint density at radius 3 is 2.50 bits per heavy atom. The van der Waals surface area contributed by atoms with Crippen molar-refractivity contribution < 1.29 is 4.79 Å². The maximum Gasteiger partial charge on any atom is 0.255 e. The van der Waals surface area contributed by atoms with E-state index >= 15 is 0 Å². The molecule has 2 aliphatic rings. The molecule has 1 saturated carbocycles. The second-order valence-corrected chi connectivity index (χ2v) is 11.1. The summed E-state index contributed by atoms with van der Waals surface area (Å²) < 4.78 is 0. The second kappa shape index (κ2) is 11.1. The number of unbranched alkanes of at least 4 members (excludes halogenated alkanes) is 2. The van der Waals surface area contributed by atoms with Crippen molar-refractivity contribution in [3.63, 3.8) is 0 Å². The summed E-state index contributed by atoms with van der Waals surface area (Å²) in [7, 11) is 0. The molecule has 0 radical (unpaired) electrons. The normalized spacial score (nSPS) is 16.2. The number of hydrogen-bond donors (Lipinski definition) is 1. The first kappa shape index (κ1) is 25.0. The molecular weight excluding hydrogens is 442 g/mol. The number of H-pyrrole nitrogens is 1. The van der Waals surface area contributed by atoms with Gasteiger partial charge in [-0.15, -0.1) is 0 Å². The van der Waals surface area contributed by atoms with E-state index in [1.165, 1.54) is 29.3 Å². The highest BCUT2D eigenvalue weighted by Crippen LogP contribution is 2.48. The second-order valence-electron chi connectivity index (χ2n) is 10.1. The molecule has 2 aliphatic carbocycles. The van der Waals surface area contributed by atoms with Crippen LogP contribution < -0.4 is 5.56 Å². The first-order chi connectivity index (χ1) is 16.5. The third-order valence-corrected chi connectivity index (χ3v) is 8.39. The van der Waals surface area contributed by atoms with Crippen molar-refractivity contribution in [3.05, 3.63) is 45.2 Å². The average Bonchev–Trinajstić information content (AvgIpc) is 2.83. The van der Waals surface area contributed by atoms with Gasteiger partial charge in [0.15, 0.2) is 5.16 Å². The fourth-order valence-electron chi connectivity index (χ4n) is 5.66. The number of fused-ring (bicyclic) bond motifs is 4. The molecule has 5 nitrogen and oxygen atoms in total. The Balaban J connectivity index is 1.63. The Kier molecular flexibility index (Phi) is 8.18. The molecule has 0 unspecified atom stereocenters. The van der Waals surface area contributed by atoms with Crippen LogP contribution in [0.5, 0.6) is 0 Å². The van der Waals surface area contributed by atoms with Gasteiger partial charge < -0.3 is 9.88 Å². The monoisotopic (exact) mass is 481 g/mol. The third-order valence-electron chi connectivity index (χ3n) is 7.54. The van der Waals surface area contributed by atoms with Crippen LogP contribution in [0.3, 0.4) is 0 Å². The summed E-state index contributed by atoms with van der Waals surface area (Å²) in [5.74, 6) is 0.438. The van der Waals surface area contributed by atoms with E-state index in [1.54, 1.807) is 0 Å². The van der Waals surface area contributed by atoms with Crippen molar-refractivity contribution >= 4 is 17.7 Å². The predicted molar refractivity (Wildman–Crippen MR) is 141 cm³/mol. The van der Waals surface area contributed by atoms with Crippen LogP contribution in [0.1, 0.15) is 88.3 Å². The van der Waals surface area contributed by atoms with Gasteiger partial charge in [-0.25, -0.2) is 4.98 Å². The van der Waals surface area contributed by atoms with Gasteiger partial charge in [0.1, 0.15) is 0 Å². The van der Waals surface area contributed by atoms with Gasteiger partial charge in [0.05, 0.1) is 17.0 Å². The summed E-state index contributed by atoms with van der Waals surface area (Å²) in [6, 6.07) is 6.57. The lowest BCUT2D eigenvalue weighted by atomic mass is 9.62. The van der Waals surface area contributed by atoms with E-state index in [0.29, 0.717) is 10.9 Å². The molecule has 2 aromatic rings. The van der Waals surface area contributed by atoms with E-state index in [0.717, 1.165) is 87.7 Å². The molecule has 4 rings (SSSR count). The van der Waals surface area contributed by atoms with Crippen LogP contribution in [0.4, 0.5) is 0 Å². The van der Waals surface area contributed by atoms with Crippen molar-refractivity contribution in [2.75, 3.05) is 18.8 Å². The number of aromatic nitrogens is 2. The molecule has 0 saturated heterocycles. The Morgan fingerprint density at radius 2 is 1.82 bits per heavy atom. The van der Waals surface area contributed by atoms with Crippen molar-refractivity contribution in [1.29, 1.82) is 0 Å². The lowest BCUT2D eigenvalue weighted by molar-refractivity contribution is -0.128. The number of nitrogens with zero attached hydrogens (tertiary/aromatic N) is 2. The lowest BCUT2D eigenvalue weighted by Crippen LogP contribution is -2.41. The van der Waals surface area contributed by atoms with Crippen molar-refractivity contribution in [2.24, 2.45) is 0 Å². The van der Waals surface area contributed by atoms with Gasteiger partial charge in [-0.05, 0) is 50.7 Å². The molecule has 6 heteroatoms. The van der Waals surface area contributed by atoms with Crippen LogP contribution in [0.15, 0.2) is 28.2 Å². The smallest absolute Gasteiger partial charge is 0.255 e. The largest absolute Gasteiger partial charge is 0.342 e. The zero-order valence-electron chi connectivity index (χ0n) is 21.0. The summed E-state index contributed by atoms with van der Waals surface area (Å²) in [6.07, 6.45) is 10.8. The molecule has 1 fully saturated rings. The topological polar surface area (TPSA) is 66.1 Å². The number of carbonyl (C=O) groups excluding carboxylic acids is 1. The minimum atomic E-state index is -0.105. The van der Waals surface area contributed by atoms with Gasteiger partial charge in [0.2, 0.25) is 5.91 Å². The molecule has 1 heterocycles. The van der Waals surface area contributed by atoms with Gasteiger partial charge >= 0.3 is 0 Å². The number of aryl methyl sites for hydroxylation is 1. The van der Waals surface area contributed by atoms with Crippen LogP contribution in [0, 0.1) is 6.92 Å². The highest BCUT2D eigenvalue weighted by atomic mass is 32.2. The number of amides is 1. The van der Waals surface area contributed by atoms with E-state index in [-0.39, 0.29) is 16.9 Å². The highest BCUT2D eigenvalue weighted by Gasteiger charge is 2.42. The summed E-state index contributed by atoms with van der Waals surface area (Å²) >= 11 is 1.37. The van der Waals surface area contributed by atoms with E-state index in [2.05, 4.69) is 44.0 Å². The first-order valence-electron chi connectivity index (χ1n) is 13.1. The van der Waals surface area contributed by atoms with Gasteiger partial charge in [-0.1, -0.05) is 75.4 Å². The quantitative estimate of drug-likeness (QED) is 0.351. The highest BCUT2D eigenvalue weighted by molar-refractivity contribution is 7.99. The van der Waals surface area contributed by atoms with Crippen molar-refractivity contribution in [2.45, 2.75) is 95.6 Å². The minimum absolute atomic E-state index is 0.0113. The zero-order valence-corrected chi connectivity index (χ0v) is 21.9. The number of aromatic amines is 1. The molecule has 1 spiro atoms. The number of thioether (sulfide) groups is 1. The maximum absolute atomic E-state index is 13.5. The van der Waals surface area contributed by atoms with Crippen molar-refractivity contribution in [1.82, 2.24) is 14.9 Å². The Labute approximate surface area is 208 Å². The van der Waals surface area contributed by atoms with Crippen LogP contribution in [0.2, 0.25) is 0 Å². The first-order valence-corrected chi connectivity index (χ1v) is 14.1. The van der Waals surface area contributed by atoms with Gasteiger partial charge in [0, 0.05) is 24.1 Å². The van der Waals surface area contributed by atoms with E-state index in [1.807, 2.05) is 4.90 Å². The Hall–Kier alpha value is -2.08. The molecule has 0 bridgehead atoms. The van der Waals surface area contributed by atoms with Gasteiger partial charge in [-0.2, -0.15) is 0 Å². The zero-order chi connectivity index (χ0) is 24.1. The molecule has 184 valence electrons. The molecule has 1 N–H and O–H groups in total. The number of carbonyl (C=O) groups is 1.